The van der Waals surface area contributed by atoms with Crippen molar-refractivity contribution >= 4 is 45.2 Å². The van der Waals surface area contributed by atoms with E-state index in [0.29, 0.717) is 0 Å². The first-order chi connectivity index (χ1) is 9.61. The smallest absolute Gasteiger partial charge is 0.160 e. The van der Waals surface area contributed by atoms with E-state index in [1.165, 1.54) is 51.0 Å². The molecule has 0 atom stereocenters. The molecule has 1 aromatic carbocycles. The van der Waals surface area contributed by atoms with Crippen molar-refractivity contribution in [2.24, 2.45) is 0 Å². The van der Waals surface area contributed by atoms with Crippen molar-refractivity contribution in [2.75, 3.05) is 0 Å². The van der Waals surface area contributed by atoms with Gasteiger partial charge in [0.2, 0.25) is 0 Å². The predicted octanol–water partition coefficient (Wildman–Crippen LogP) is 5.96. The van der Waals surface area contributed by atoms with Crippen LogP contribution in [-0.4, -0.2) is 12.1 Å². The summed E-state index contributed by atoms with van der Waals surface area (Å²) in [5.74, 6) is 0.0472. The highest BCUT2D eigenvalue weighted by atomic mass is 127. The Labute approximate surface area is 149 Å². The molecule has 0 aliphatic carbocycles. The molecule has 2 nitrogen and oxygen atoms in total. The summed E-state index contributed by atoms with van der Waals surface area (Å²) in [5, 5.41) is 19.1. The number of unbranched alkanes of at least 4 members (excludes halogenated alkanes) is 6. The van der Waals surface area contributed by atoms with E-state index >= 15 is 0 Å². The molecule has 114 valence electrons. The summed E-state index contributed by atoms with van der Waals surface area (Å²) in [7, 11) is 0. The number of hydrogen-bond donors (Lipinski definition) is 2. The molecule has 0 heterocycles. The van der Waals surface area contributed by atoms with Gasteiger partial charge in [-0.1, -0.05) is 95.8 Å². The van der Waals surface area contributed by atoms with Crippen LogP contribution in [0.3, 0.4) is 0 Å². The lowest BCUT2D eigenvalue weighted by Gasteiger charge is -2.06. The average molecular weight is 502 g/mol. The zero-order chi connectivity index (χ0) is 14.8. The predicted molar refractivity (Wildman–Crippen MR) is 102 cm³/mol. The molecule has 4 heteroatoms. The minimum Gasteiger partial charge on any atom is -0.504 e. The molecule has 0 bridgehead atoms. The number of aromatic hydroxyl groups is 2. The van der Waals surface area contributed by atoms with Gasteiger partial charge in [0.05, 0.1) is 1.93 Å². The van der Waals surface area contributed by atoms with E-state index < -0.39 is 0 Å². The maximum atomic E-state index is 9.69. The van der Waals surface area contributed by atoms with Crippen molar-refractivity contribution in [3.05, 3.63) is 23.8 Å². The van der Waals surface area contributed by atoms with E-state index in [2.05, 4.69) is 45.2 Å². The maximum Gasteiger partial charge on any atom is 0.160 e. The molecule has 1 aromatic rings. The summed E-state index contributed by atoms with van der Waals surface area (Å²) < 4.78 is 0.778. The Morgan fingerprint density at radius 3 is 2.10 bits per heavy atom. The lowest BCUT2D eigenvalue weighted by molar-refractivity contribution is 0.398. The molecule has 0 saturated heterocycles. The third-order valence-electron chi connectivity index (χ3n) is 3.47. The normalized spacial score (nSPS) is 11.2. The second kappa shape index (κ2) is 10.9. The molecule has 0 aliphatic heterocycles. The van der Waals surface area contributed by atoms with Crippen LogP contribution in [0.25, 0.3) is 0 Å². The first-order valence-corrected chi connectivity index (χ1v) is 9.88. The van der Waals surface area contributed by atoms with Gasteiger partial charge >= 0.3 is 0 Å². The topological polar surface area (TPSA) is 40.5 Å². The number of phenolic OH excluding ortho intramolecular Hbond substituents is 2. The Morgan fingerprint density at radius 1 is 0.850 bits per heavy atom. The van der Waals surface area contributed by atoms with Crippen molar-refractivity contribution < 1.29 is 10.2 Å². The number of rotatable bonds is 10. The van der Waals surface area contributed by atoms with Crippen LogP contribution in [0.5, 0.6) is 11.5 Å². The fourth-order valence-corrected chi connectivity index (χ4v) is 3.16. The SMILES string of the molecule is Oc1cccc(CCCCCCCCCC(I)I)c1O. The van der Waals surface area contributed by atoms with E-state index in [-0.39, 0.29) is 11.5 Å². The van der Waals surface area contributed by atoms with Gasteiger partial charge in [0.15, 0.2) is 11.5 Å². The molecule has 1 rings (SSSR count). The van der Waals surface area contributed by atoms with Crippen LogP contribution in [-0.2, 0) is 6.42 Å². The highest BCUT2D eigenvalue weighted by molar-refractivity contribution is 14.2. The van der Waals surface area contributed by atoms with Crippen molar-refractivity contribution in [2.45, 2.75) is 59.7 Å². The molecule has 0 unspecified atom stereocenters. The number of para-hydroxylation sites is 1. The van der Waals surface area contributed by atoms with E-state index in [9.17, 15) is 10.2 Å². The first kappa shape index (κ1) is 18.3. The highest BCUT2D eigenvalue weighted by Gasteiger charge is 2.04. The lowest BCUT2D eigenvalue weighted by atomic mass is 10.0. The minimum absolute atomic E-state index is 0.00803. The van der Waals surface area contributed by atoms with Crippen LogP contribution in [0, 0.1) is 0 Å². The van der Waals surface area contributed by atoms with E-state index in [4.69, 9.17) is 0 Å². The summed E-state index contributed by atoms with van der Waals surface area (Å²) in [6.07, 6.45) is 11.1. The van der Waals surface area contributed by atoms with Gasteiger partial charge in [-0.3, -0.25) is 0 Å². The van der Waals surface area contributed by atoms with Gasteiger partial charge < -0.3 is 10.2 Å². The summed E-state index contributed by atoms with van der Waals surface area (Å²) in [6.45, 7) is 0. The van der Waals surface area contributed by atoms with Crippen LogP contribution < -0.4 is 0 Å². The summed E-state index contributed by atoms with van der Waals surface area (Å²) in [5.41, 5.74) is 0.861. The largest absolute Gasteiger partial charge is 0.504 e. The van der Waals surface area contributed by atoms with Crippen LogP contribution in [0.1, 0.15) is 56.9 Å². The molecule has 20 heavy (non-hydrogen) atoms. The molecule has 0 radical (unpaired) electrons. The zero-order valence-electron chi connectivity index (χ0n) is 11.8. The third kappa shape index (κ3) is 7.90. The fraction of sp³-hybridized carbons (Fsp3) is 0.625. The van der Waals surface area contributed by atoms with Gasteiger partial charge in [0.1, 0.15) is 0 Å². The van der Waals surface area contributed by atoms with Crippen LogP contribution in [0.15, 0.2) is 18.2 Å². The Hall–Kier alpha value is 0.280. The summed E-state index contributed by atoms with van der Waals surface area (Å²) >= 11 is 4.96. The lowest BCUT2D eigenvalue weighted by Crippen LogP contribution is -1.88. The number of aryl methyl sites for hydroxylation is 1. The molecule has 2 N–H and O–H groups in total. The zero-order valence-corrected chi connectivity index (χ0v) is 16.1. The van der Waals surface area contributed by atoms with Crippen LogP contribution >= 0.6 is 45.2 Å². The van der Waals surface area contributed by atoms with Crippen LogP contribution in [0.2, 0.25) is 0 Å². The van der Waals surface area contributed by atoms with E-state index in [0.717, 1.165) is 20.3 Å². The maximum absolute atomic E-state index is 9.69. The number of halogens is 2. The van der Waals surface area contributed by atoms with Crippen molar-refractivity contribution in [3.8, 4) is 11.5 Å². The van der Waals surface area contributed by atoms with Gasteiger partial charge in [0, 0.05) is 0 Å². The number of hydrogen-bond acceptors (Lipinski definition) is 2. The number of phenols is 2. The van der Waals surface area contributed by atoms with Gasteiger partial charge in [-0.15, -0.1) is 0 Å². The van der Waals surface area contributed by atoms with Gasteiger partial charge in [0.25, 0.3) is 0 Å². The molecule has 0 fully saturated rings. The van der Waals surface area contributed by atoms with Crippen molar-refractivity contribution in [1.82, 2.24) is 0 Å². The first-order valence-electron chi connectivity index (χ1n) is 7.39. The monoisotopic (exact) mass is 502 g/mol. The number of benzene rings is 1. The van der Waals surface area contributed by atoms with Crippen molar-refractivity contribution in [3.63, 3.8) is 0 Å². The molecular weight excluding hydrogens is 478 g/mol. The average Bonchev–Trinajstić information content (AvgIpc) is 2.41. The Bertz CT molecular complexity index is 381. The fourth-order valence-electron chi connectivity index (χ4n) is 2.28. The Morgan fingerprint density at radius 2 is 1.45 bits per heavy atom. The van der Waals surface area contributed by atoms with Gasteiger partial charge in [-0.05, 0) is 30.9 Å². The molecule has 0 saturated carbocycles. The Balaban J connectivity index is 2.01. The second-order valence-corrected chi connectivity index (χ2v) is 10.6. The third-order valence-corrected chi connectivity index (χ3v) is 4.71. The van der Waals surface area contributed by atoms with Crippen molar-refractivity contribution in [1.29, 1.82) is 0 Å². The molecular formula is C16H24I2O2. The molecule has 0 aliphatic rings. The van der Waals surface area contributed by atoms with Gasteiger partial charge in [-0.25, -0.2) is 0 Å². The Kier molecular flexibility index (Phi) is 10.0. The number of alkyl halides is 2. The van der Waals surface area contributed by atoms with E-state index in [1.54, 1.807) is 6.07 Å². The quantitative estimate of drug-likeness (QED) is 0.180. The minimum atomic E-state index is -0.00803. The van der Waals surface area contributed by atoms with E-state index in [1.807, 2.05) is 6.07 Å². The molecule has 0 aromatic heterocycles. The molecule has 0 amide bonds. The molecule has 0 spiro atoms. The summed E-state index contributed by atoms with van der Waals surface area (Å²) in [4.78, 5) is 0. The summed E-state index contributed by atoms with van der Waals surface area (Å²) in [6, 6.07) is 5.20. The highest BCUT2D eigenvalue weighted by Crippen LogP contribution is 2.29. The van der Waals surface area contributed by atoms with Crippen LogP contribution in [0.4, 0.5) is 0 Å². The standard InChI is InChI=1S/C16H24I2O2/c17-15(18)12-7-5-3-1-2-4-6-9-13-10-8-11-14(19)16(13)20/h8,10-11,15,19-20H,1-7,9,12H2. The second-order valence-electron chi connectivity index (χ2n) is 5.19. The van der Waals surface area contributed by atoms with Gasteiger partial charge in [-0.2, -0.15) is 0 Å².